The van der Waals surface area contributed by atoms with Crippen molar-refractivity contribution in [1.29, 1.82) is 0 Å². The molecule has 0 aliphatic heterocycles. The van der Waals surface area contributed by atoms with Crippen LogP contribution in [0.1, 0.15) is 64.2 Å². The van der Waals surface area contributed by atoms with E-state index >= 15 is 0 Å². The summed E-state index contributed by atoms with van der Waals surface area (Å²) in [6.45, 7) is 1.48. The second kappa shape index (κ2) is 10.6. The maximum atomic E-state index is 13.0. The van der Waals surface area contributed by atoms with Crippen molar-refractivity contribution in [2.24, 2.45) is 0 Å². The minimum Gasteiger partial charge on any atom is -0.406 e. The molecule has 0 radical (unpaired) electrons. The van der Waals surface area contributed by atoms with E-state index in [0.717, 1.165) is 19.2 Å². The lowest BCUT2D eigenvalue weighted by molar-refractivity contribution is -0.276. The third-order valence-corrected chi connectivity index (χ3v) is 5.43. The molecule has 0 spiro atoms. The molecular formula is C23H21F6N7O4. The van der Waals surface area contributed by atoms with Gasteiger partial charge in [-0.2, -0.15) is 4.68 Å². The van der Waals surface area contributed by atoms with Crippen molar-refractivity contribution < 1.29 is 45.4 Å². The Morgan fingerprint density at radius 3 is 2.12 bits per heavy atom. The lowest BCUT2D eigenvalue weighted by atomic mass is 10.1. The Morgan fingerprint density at radius 2 is 1.60 bits per heavy atom. The summed E-state index contributed by atoms with van der Waals surface area (Å²) in [5.74, 6) is -2.85. The van der Waals surface area contributed by atoms with Crippen LogP contribution in [0.15, 0.2) is 30.6 Å². The molecule has 2 amide bonds. The first kappa shape index (κ1) is 28.6. The number of ether oxygens (including phenoxy) is 2. The average molecular weight is 573 g/mol. The number of rotatable bonds is 8. The predicted molar refractivity (Wildman–Crippen MR) is 123 cm³/mol. The molecular weight excluding hydrogens is 552 g/mol. The molecule has 4 rings (SSSR count). The van der Waals surface area contributed by atoms with E-state index in [1.807, 2.05) is 0 Å². The summed E-state index contributed by atoms with van der Waals surface area (Å²) in [7, 11) is 3.07. The van der Waals surface area contributed by atoms with Gasteiger partial charge in [-0.15, -0.1) is 31.4 Å². The van der Waals surface area contributed by atoms with Gasteiger partial charge in [0.1, 0.15) is 23.5 Å². The Labute approximate surface area is 222 Å². The SMILES string of the molecule is C[C@H](NC(=O)c1cc(OC(F)(F)F)cc(OC(F)(F)F)c1)c1nc(C2CC2)nn1-c1cc(C(=O)N(C)C)ncn1. The largest absolute Gasteiger partial charge is 0.573 e. The van der Waals surface area contributed by atoms with Gasteiger partial charge >= 0.3 is 12.7 Å². The molecule has 1 fully saturated rings. The number of amides is 2. The number of benzene rings is 1. The fourth-order valence-electron chi connectivity index (χ4n) is 3.55. The van der Waals surface area contributed by atoms with Crippen molar-refractivity contribution >= 4 is 11.8 Å². The number of halogens is 6. The Kier molecular flexibility index (Phi) is 7.58. The van der Waals surface area contributed by atoms with Gasteiger partial charge in [-0.1, -0.05) is 0 Å². The highest BCUT2D eigenvalue weighted by molar-refractivity contribution is 5.95. The molecule has 1 aliphatic rings. The standard InChI is InChI=1S/C23H21F6N7O4/c1-11(32-20(37)13-6-14(39-22(24,25)26)8-15(7-13)40-23(27,28)29)19-33-18(12-4-5-12)34-36(19)17-9-16(30-10-31-17)21(38)35(2)3/h6-12H,4-5H2,1-3H3,(H,32,37)/t11-/m0/s1. The van der Waals surface area contributed by atoms with Gasteiger partial charge in [-0.3, -0.25) is 9.59 Å². The lowest BCUT2D eigenvalue weighted by Crippen LogP contribution is -2.29. The van der Waals surface area contributed by atoms with E-state index in [2.05, 4.69) is 34.8 Å². The van der Waals surface area contributed by atoms with Crippen LogP contribution in [0.5, 0.6) is 11.5 Å². The van der Waals surface area contributed by atoms with Gasteiger partial charge in [-0.05, 0) is 31.9 Å². The van der Waals surface area contributed by atoms with E-state index in [-0.39, 0.29) is 23.3 Å². The first-order valence-electron chi connectivity index (χ1n) is 11.6. The van der Waals surface area contributed by atoms with Crippen LogP contribution in [0.25, 0.3) is 5.82 Å². The van der Waals surface area contributed by atoms with Crippen LogP contribution < -0.4 is 14.8 Å². The second-order valence-corrected chi connectivity index (χ2v) is 8.96. The third kappa shape index (κ3) is 7.15. The summed E-state index contributed by atoms with van der Waals surface area (Å²) in [6.07, 6.45) is -7.68. The summed E-state index contributed by atoms with van der Waals surface area (Å²) in [6, 6.07) is 1.96. The zero-order valence-corrected chi connectivity index (χ0v) is 21.0. The molecule has 1 N–H and O–H groups in total. The first-order chi connectivity index (χ1) is 18.6. The second-order valence-electron chi connectivity index (χ2n) is 8.96. The van der Waals surface area contributed by atoms with Crippen molar-refractivity contribution in [1.82, 2.24) is 34.9 Å². The summed E-state index contributed by atoms with van der Waals surface area (Å²) >= 11 is 0. The summed E-state index contributed by atoms with van der Waals surface area (Å²) < 4.78 is 85.1. The molecule has 214 valence electrons. The molecule has 0 saturated heterocycles. The normalized spacial score (nSPS) is 14.4. The van der Waals surface area contributed by atoms with Crippen LogP contribution in [-0.4, -0.2) is 68.3 Å². The van der Waals surface area contributed by atoms with E-state index in [4.69, 9.17) is 0 Å². The minimum absolute atomic E-state index is 0.0554. The fraction of sp³-hybridized carbons (Fsp3) is 0.391. The zero-order chi connectivity index (χ0) is 29.4. The predicted octanol–water partition coefficient (Wildman–Crippen LogP) is 3.92. The number of nitrogens with zero attached hydrogens (tertiary/aromatic N) is 6. The highest BCUT2D eigenvalue weighted by atomic mass is 19.4. The highest BCUT2D eigenvalue weighted by Crippen LogP contribution is 2.39. The number of hydrogen-bond donors (Lipinski definition) is 1. The van der Waals surface area contributed by atoms with Crippen molar-refractivity contribution in [2.75, 3.05) is 14.1 Å². The molecule has 11 nitrogen and oxygen atoms in total. The fourth-order valence-corrected chi connectivity index (χ4v) is 3.55. The maximum Gasteiger partial charge on any atom is 0.573 e. The number of hydrogen-bond acceptors (Lipinski definition) is 8. The molecule has 2 aromatic heterocycles. The van der Waals surface area contributed by atoms with Crippen molar-refractivity contribution in [3.8, 4) is 17.3 Å². The molecule has 3 aromatic rings. The molecule has 2 heterocycles. The Morgan fingerprint density at radius 1 is 1.00 bits per heavy atom. The Balaban J connectivity index is 1.65. The number of aromatic nitrogens is 5. The topological polar surface area (TPSA) is 124 Å². The Bertz CT molecular complexity index is 1390. The van der Waals surface area contributed by atoms with Crippen molar-refractivity contribution in [2.45, 2.75) is 44.4 Å². The molecule has 1 aliphatic carbocycles. The molecule has 17 heteroatoms. The van der Waals surface area contributed by atoms with Crippen LogP contribution in [0.2, 0.25) is 0 Å². The average Bonchev–Trinajstić information content (AvgIpc) is 3.59. The minimum atomic E-state index is -5.24. The summed E-state index contributed by atoms with van der Waals surface area (Å²) in [5.41, 5.74) is -0.554. The molecule has 1 aromatic carbocycles. The molecule has 0 unspecified atom stereocenters. The van der Waals surface area contributed by atoms with Gasteiger partial charge in [0, 0.05) is 37.7 Å². The molecule has 0 bridgehead atoms. The maximum absolute atomic E-state index is 13.0. The number of alkyl halides is 6. The summed E-state index contributed by atoms with van der Waals surface area (Å²) in [5, 5.41) is 6.92. The molecule has 1 atom stereocenters. The quantitative estimate of drug-likeness (QED) is 0.402. The zero-order valence-electron chi connectivity index (χ0n) is 21.0. The van der Waals surface area contributed by atoms with Crippen LogP contribution >= 0.6 is 0 Å². The van der Waals surface area contributed by atoms with Gasteiger partial charge in [-0.25, -0.2) is 15.0 Å². The van der Waals surface area contributed by atoms with E-state index in [9.17, 15) is 35.9 Å². The van der Waals surface area contributed by atoms with Gasteiger partial charge in [0.05, 0.1) is 6.04 Å². The van der Waals surface area contributed by atoms with Crippen LogP contribution in [-0.2, 0) is 0 Å². The van der Waals surface area contributed by atoms with Crippen molar-refractivity contribution in [3.63, 3.8) is 0 Å². The van der Waals surface area contributed by atoms with Gasteiger partial charge in [0.15, 0.2) is 17.5 Å². The smallest absolute Gasteiger partial charge is 0.406 e. The van der Waals surface area contributed by atoms with E-state index in [0.29, 0.717) is 24.0 Å². The third-order valence-electron chi connectivity index (χ3n) is 5.43. The van der Waals surface area contributed by atoms with Crippen molar-refractivity contribution in [3.05, 3.63) is 53.5 Å². The summed E-state index contributed by atoms with van der Waals surface area (Å²) in [4.78, 5) is 39.2. The van der Waals surface area contributed by atoms with Crippen LogP contribution in [0, 0.1) is 0 Å². The Hall–Kier alpha value is -4.44. The van der Waals surface area contributed by atoms with Gasteiger partial charge < -0.3 is 19.7 Å². The number of carbonyl (C=O) groups excluding carboxylic acids is 2. The first-order valence-corrected chi connectivity index (χ1v) is 11.6. The van der Waals surface area contributed by atoms with E-state index in [1.165, 1.54) is 36.7 Å². The lowest BCUT2D eigenvalue weighted by Gasteiger charge is -2.17. The number of carbonyl (C=O) groups is 2. The monoisotopic (exact) mass is 573 g/mol. The van der Waals surface area contributed by atoms with E-state index < -0.39 is 47.6 Å². The van der Waals surface area contributed by atoms with Gasteiger partial charge in [0.2, 0.25) is 0 Å². The molecule has 40 heavy (non-hydrogen) atoms. The number of nitrogens with one attached hydrogen (secondary N) is 1. The van der Waals surface area contributed by atoms with E-state index in [1.54, 1.807) is 0 Å². The van der Waals surface area contributed by atoms with Gasteiger partial charge in [0.25, 0.3) is 11.8 Å². The molecule has 1 saturated carbocycles. The highest BCUT2D eigenvalue weighted by Gasteiger charge is 2.35. The van der Waals surface area contributed by atoms with Crippen LogP contribution in [0.3, 0.4) is 0 Å². The van der Waals surface area contributed by atoms with Crippen LogP contribution in [0.4, 0.5) is 26.3 Å².